The Morgan fingerprint density at radius 1 is 1.50 bits per heavy atom. The van der Waals surface area contributed by atoms with E-state index in [9.17, 15) is 8.42 Å². The summed E-state index contributed by atoms with van der Waals surface area (Å²) in [5.74, 6) is 0. The first-order valence-corrected chi connectivity index (χ1v) is 8.02. The molecule has 0 aromatic carbocycles. The van der Waals surface area contributed by atoms with Gasteiger partial charge in [-0.05, 0) is 40.7 Å². The second kappa shape index (κ2) is 4.60. The van der Waals surface area contributed by atoms with E-state index in [4.69, 9.17) is 0 Å². The molecule has 1 aliphatic heterocycles. The lowest BCUT2D eigenvalue weighted by Crippen LogP contribution is -2.34. The first kappa shape index (κ1) is 12.3. The van der Waals surface area contributed by atoms with Crippen molar-refractivity contribution in [1.29, 1.82) is 0 Å². The Morgan fingerprint density at radius 3 is 2.75 bits per heavy atom. The summed E-state index contributed by atoms with van der Waals surface area (Å²) in [5.41, 5.74) is 1.26. The third kappa shape index (κ3) is 2.25. The second-order valence-corrected chi connectivity index (χ2v) is 7.62. The van der Waals surface area contributed by atoms with Gasteiger partial charge in [0.1, 0.15) is 4.21 Å². The van der Waals surface area contributed by atoms with Crippen molar-refractivity contribution in [1.82, 2.24) is 4.31 Å². The highest BCUT2D eigenvalue weighted by Crippen LogP contribution is 2.31. The molecule has 0 saturated heterocycles. The molecule has 16 heavy (non-hydrogen) atoms. The van der Waals surface area contributed by atoms with Crippen LogP contribution in [0.2, 0.25) is 0 Å². The van der Waals surface area contributed by atoms with E-state index in [1.54, 1.807) is 11.4 Å². The molecule has 3 nitrogen and oxygen atoms in total. The molecule has 2 heterocycles. The number of hydrogen-bond acceptors (Lipinski definition) is 3. The Kier molecular flexibility index (Phi) is 3.53. The van der Waals surface area contributed by atoms with Crippen molar-refractivity contribution in [2.24, 2.45) is 0 Å². The van der Waals surface area contributed by atoms with Crippen molar-refractivity contribution in [2.75, 3.05) is 13.1 Å². The van der Waals surface area contributed by atoms with Crippen LogP contribution in [-0.4, -0.2) is 25.8 Å². The molecule has 2 rings (SSSR count). The van der Waals surface area contributed by atoms with Crippen LogP contribution in [-0.2, 0) is 10.0 Å². The molecule has 6 heteroatoms. The van der Waals surface area contributed by atoms with Crippen LogP contribution >= 0.6 is 27.3 Å². The average Bonchev–Trinajstić information content (AvgIpc) is 2.66. The standard InChI is InChI=1S/C10H12BrNO2S2/c1-8-2-5-12(6-3-8)16(13,14)10-9(11)4-7-15-10/h2,4,7H,3,5-6H2,1H3. The van der Waals surface area contributed by atoms with Gasteiger partial charge in [-0.2, -0.15) is 4.31 Å². The van der Waals surface area contributed by atoms with E-state index >= 15 is 0 Å². The fourth-order valence-corrected chi connectivity index (χ4v) is 5.38. The van der Waals surface area contributed by atoms with Gasteiger partial charge in [-0.25, -0.2) is 8.42 Å². The van der Waals surface area contributed by atoms with Gasteiger partial charge in [0.05, 0.1) is 0 Å². The zero-order valence-electron chi connectivity index (χ0n) is 8.81. The van der Waals surface area contributed by atoms with Gasteiger partial charge in [-0.15, -0.1) is 11.3 Å². The summed E-state index contributed by atoms with van der Waals surface area (Å²) in [5, 5.41) is 1.78. The quantitative estimate of drug-likeness (QED) is 0.785. The minimum atomic E-state index is -3.31. The molecule has 1 aromatic rings. The summed E-state index contributed by atoms with van der Waals surface area (Å²) in [7, 11) is -3.31. The van der Waals surface area contributed by atoms with Crippen molar-refractivity contribution < 1.29 is 8.42 Å². The van der Waals surface area contributed by atoms with Gasteiger partial charge >= 0.3 is 0 Å². The molecule has 0 unspecified atom stereocenters. The Balaban J connectivity index is 2.31. The van der Waals surface area contributed by atoms with Crippen LogP contribution in [0.4, 0.5) is 0 Å². The fourth-order valence-electron chi connectivity index (χ4n) is 1.55. The molecule has 0 aliphatic carbocycles. The molecule has 0 N–H and O–H groups in total. The summed E-state index contributed by atoms with van der Waals surface area (Å²) < 4.78 is 27.1. The van der Waals surface area contributed by atoms with E-state index in [2.05, 4.69) is 15.9 Å². The number of nitrogens with zero attached hydrogens (tertiary/aromatic N) is 1. The summed E-state index contributed by atoms with van der Waals surface area (Å²) in [6.07, 6.45) is 2.80. The molecule has 0 saturated carbocycles. The molecular formula is C10H12BrNO2S2. The molecule has 0 fully saturated rings. The third-order valence-electron chi connectivity index (χ3n) is 2.56. The molecule has 1 aliphatic rings. The van der Waals surface area contributed by atoms with Crippen molar-refractivity contribution >= 4 is 37.3 Å². The van der Waals surface area contributed by atoms with Crippen LogP contribution < -0.4 is 0 Å². The largest absolute Gasteiger partial charge is 0.253 e. The smallest absolute Gasteiger partial charge is 0.206 e. The molecule has 1 aromatic heterocycles. The van der Waals surface area contributed by atoms with Gasteiger partial charge in [0.15, 0.2) is 0 Å². The number of rotatable bonds is 2. The van der Waals surface area contributed by atoms with E-state index in [-0.39, 0.29) is 0 Å². The maximum absolute atomic E-state index is 12.3. The lowest BCUT2D eigenvalue weighted by Gasteiger charge is -2.24. The van der Waals surface area contributed by atoms with Crippen LogP contribution in [0.25, 0.3) is 0 Å². The highest BCUT2D eigenvalue weighted by molar-refractivity contribution is 9.10. The zero-order valence-corrected chi connectivity index (χ0v) is 12.0. The monoisotopic (exact) mass is 321 g/mol. The van der Waals surface area contributed by atoms with Gasteiger partial charge in [0, 0.05) is 17.6 Å². The fraction of sp³-hybridized carbons (Fsp3) is 0.400. The summed E-state index contributed by atoms with van der Waals surface area (Å²) in [6.45, 7) is 3.10. The number of hydrogen-bond donors (Lipinski definition) is 0. The van der Waals surface area contributed by atoms with Gasteiger partial charge in [0.2, 0.25) is 0 Å². The van der Waals surface area contributed by atoms with Crippen LogP contribution in [0.1, 0.15) is 13.3 Å². The Morgan fingerprint density at radius 2 is 2.25 bits per heavy atom. The van der Waals surface area contributed by atoms with Crippen molar-refractivity contribution in [2.45, 2.75) is 17.6 Å². The van der Waals surface area contributed by atoms with Crippen LogP contribution in [0.5, 0.6) is 0 Å². The number of halogens is 1. The number of sulfonamides is 1. The zero-order chi connectivity index (χ0) is 11.8. The van der Waals surface area contributed by atoms with Gasteiger partial charge in [0.25, 0.3) is 10.0 Å². The first-order valence-electron chi connectivity index (χ1n) is 4.90. The van der Waals surface area contributed by atoms with E-state index in [0.29, 0.717) is 21.8 Å². The van der Waals surface area contributed by atoms with Gasteiger partial charge < -0.3 is 0 Å². The van der Waals surface area contributed by atoms with Gasteiger partial charge in [-0.3, -0.25) is 0 Å². The molecule has 88 valence electrons. The maximum atomic E-state index is 12.3. The Hall–Kier alpha value is -0.170. The third-order valence-corrected chi connectivity index (χ3v) is 7.07. The van der Waals surface area contributed by atoms with Crippen molar-refractivity contribution in [3.05, 3.63) is 27.6 Å². The molecule has 0 bridgehead atoms. The van der Waals surface area contributed by atoms with Gasteiger partial charge in [-0.1, -0.05) is 11.6 Å². The van der Waals surface area contributed by atoms with Crippen LogP contribution in [0, 0.1) is 0 Å². The molecule has 0 amide bonds. The topological polar surface area (TPSA) is 37.4 Å². The average molecular weight is 322 g/mol. The predicted molar refractivity (Wildman–Crippen MR) is 69.2 cm³/mol. The van der Waals surface area contributed by atoms with E-state index in [0.717, 1.165) is 6.42 Å². The number of thiophene rings is 1. The van der Waals surface area contributed by atoms with E-state index in [1.807, 2.05) is 13.0 Å². The second-order valence-electron chi connectivity index (χ2n) is 3.72. The van der Waals surface area contributed by atoms with E-state index < -0.39 is 10.0 Å². The van der Waals surface area contributed by atoms with Crippen LogP contribution in [0.3, 0.4) is 0 Å². The normalized spacial score (nSPS) is 18.5. The SMILES string of the molecule is CC1=CCN(S(=O)(=O)c2sccc2Br)CC1. The van der Waals surface area contributed by atoms with Crippen molar-refractivity contribution in [3.63, 3.8) is 0 Å². The highest BCUT2D eigenvalue weighted by Gasteiger charge is 2.28. The minimum Gasteiger partial charge on any atom is -0.206 e. The molecule has 0 radical (unpaired) electrons. The van der Waals surface area contributed by atoms with Crippen molar-refractivity contribution in [3.8, 4) is 0 Å². The summed E-state index contributed by atoms with van der Waals surface area (Å²) >= 11 is 4.52. The lowest BCUT2D eigenvalue weighted by molar-refractivity contribution is 0.432. The lowest BCUT2D eigenvalue weighted by atomic mass is 10.1. The minimum absolute atomic E-state index is 0.403. The maximum Gasteiger partial charge on any atom is 0.253 e. The predicted octanol–water partition coefficient (Wildman–Crippen LogP) is 2.85. The molecular weight excluding hydrogens is 310 g/mol. The summed E-state index contributed by atoms with van der Waals surface area (Å²) in [6, 6.07) is 1.77. The summed E-state index contributed by atoms with van der Waals surface area (Å²) in [4.78, 5) is 0. The first-order chi connectivity index (χ1) is 7.51. The molecule has 0 spiro atoms. The van der Waals surface area contributed by atoms with E-state index in [1.165, 1.54) is 21.2 Å². The Labute approximate surface area is 108 Å². The highest BCUT2D eigenvalue weighted by atomic mass is 79.9. The Bertz CT molecular complexity index is 519. The molecule has 0 atom stereocenters. The van der Waals surface area contributed by atoms with Crippen LogP contribution in [0.15, 0.2) is 31.8 Å².